The lowest BCUT2D eigenvalue weighted by molar-refractivity contribution is -0.148. The fourth-order valence-electron chi connectivity index (χ4n) is 5.11. The fraction of sp³-hybridized carbons (Fsp3) is 0.524. The lowest BCUT2D eigenvalue weighted by Gasteiger charge is -2.53. The molecule has 4 rings (SSSR count). The molecule has 1 aromatic carbocycles. The molecule has 2 atom stereocenters. The first kappa shape index (κ1) is 20.1. The summed E-state index contributed by atoms with van der Waals surface area (Å²) in [6.07, 6.45) is -0.176. The number of benzene rings is 1. The average Bonchev–Trinajstić information content (AvgIpc) is 3.15. The van der Waals surface area contributed by atoms with Crippen LogP contribution < -0.4 is 0 Å². The van der Waals surface area contributed by atoms with Crippen molar-refractivity contribution < 1.29 is 22.7 Å². The van der Waals surface area contributed by atoms with Gasteiger partial charge in [-0.05, 0) is 32.9 Å². The van der Waals surface area contributed by atoms with Gasteiger partial charge in [0.1, 0.15) is 12.4 Å². The second kappa shape index (κ2) is 6.40. The highest BCUT2D eigenvalue weighted by Gasteiger charge is 2.72. The number of amides is 1. The number of hydrogen-bond acceptors (Lipinski definition) is 5. The number of sulfonamides is 1. The van der Waals surface area contributed by atoms with Gasteiger partial charge >= 0.3 is 6.09 Å². The number of cyclic esters (lactones) is 1. The minimum Gasteiger partial charge on any atom is -0.447 e. The van der Waals surface area contributed by atoms with Gasteiger partial charge in [0.25, 0.3) is 0 Å². The van der Waals surface area contributed by atoms with Gasteiger partial charge in [-0.15, -0.1) is 0 Å². The first-order valence-electron chi connectivity index (χ1n) is 9.75. The summed E-state index contributed by atoms with van der Waals surface area (Å²) in [7, 11) is -3.75. The highest BCUT2D eigenvalue weighted by atomic mass is 32.2. The van der Waals surface area contributed by atoms with Crippen LogP contribution in [0.1, 0.15) is 32.8 Å². The number of aryl methyl sites for hydroxylation is 1. The third kappa shape index (κ3) is 2.69. The van der Waals surface area contributed by atoms with E-state index in [0.717, 1.165) is 11.1 Å². The zero-order chi connectivity index (χ0) is 21.2. The molecule has 3 fully saturated rings. The van der Waals surface area contributed by atoms with Crippen molar-refractivity contribution in [1.29, 1.82) is 0 Å². The molecule has 2 aliphatic heterocycles. The smallest absolute Gasteiger partial charge is 0.414 e. The number of fused-ring (bicyclic) bond motifs is 1. The summed E-state index contributed by atoms with van der Waals surface area (Å²) in [5.41, 5.74) is 0.839. The molecule has 2 saturated heterocycles. The number of allylic oxidation sites excluding steroid dienone is 1. The number of ether oxygens (including phenoxy) is 1. The fourth-order valence-corrected chi connectivity index (χ4v) is 6.71. The summed E-state index contributed by atoms with van der Waals surface area (Å²) >= 11 is 0. The number of carbonyl (C=O) groups is 2. The van der Waals surface area contributed by atoms with Crippen LogP contribution in [-0.4, -0.2) is 55.7 Å². The second-order valence-corrected chi connectivity index (χ2v) is 10.7. The number of Topliss-reactive ketones (excluding diaryl/α,β-unsaturated/α-hetero) is 1. The molecule has 1 aromatic rings. The Kier molecular flexibility index (Phi) is 4.44. The first-order valence-corrected chi connectivity index (χ1v) is 11.2. The van der Waals surface area contributed by atoms with E-state index in [9.17, 15) is 18.0 Å². The Labute approximate surface area is 171 Å². The van der Waals surface area contributed by atoms with Crippen LogP contribution in [0, 0.1) is 17.8 Å². The van der Waals surface area contributed by atoms with E-state index in [1.807, 2.05) is 27.7 Å². The zero-order valence-electron chi connectivity index (χ0n) is 17.2. The van der Waals surface area contributed by atoms with Crippen LogP contribution in [0.5, 0.6) is 0 Å². The van der Waals surface area contributed by atoms with Gasteiger partial charge in [0.05, 0.1) is 16.9 Å². The molecule has 7 nitrogen and oxygen atoms in total. The van der Waals surface area contributed by atoms with Crippen LogP contribution in [0.2, 0.25) is 0 Å². The maximum Gasteiger partial charge on any atom is 0.414 e. The molecule has 0 N–H and O–H groups in total. The van der Waals surface area contributed by atoms with Gasteiger partial charge in [0.2, 0.25) is 10.0 Å². The van der Waals surface area contributed by atoms with Gasteiger partial charge in [-0.2, -0.15) is 4.31 Å². The lowest BCUT2D eigenvalue weighted by atomic mass is 9.49. The van der Waals surface area contributed by atoms with Crippen molar-refractivity contribution in [3.05, 3.63) is 41.1 Å². The van der Waals surface area contributed by atoms with Crippen LogP contribution in [0.3, 0.4) is 0 Å². The molecule has 29 heavy (non-hydrogen) atoms. The summed E-state index contributed by atoms with van der Waals surface area (Å²) in [6.45, 7) is 8.49. The summed E-state index contributed by atoms with van der Waals surface area (Å²) in [4.78, 5) is 27.1. The van der Waals surface area contributed by atoms with E-state index in [2.05, 4.69) is 0 Å². The van der Waals surface area contributed by atoms with Crippen LogP contribution in [-0.2, 0) is 19.6 Å². The van der Waals surface area contributed by atoms with Gasteiger partial charge in [-0.3, -0.25) is 9.69 Å². The first-order chi connectivity index (χ1) is 13.5. The quantitative estimate of drug-likeness (QED) is 0.751. The van der Waals surface area contributed by atoms with Gasteiger partial charge in [0.15, 0.2) is 0 Å². The molecule has 1 aliphatic carbocycles. The molecule has 0 aromatic heterocycles. The Morgan fingerprint density at radius 3 is 2.28 bits per heavy atom. The number of hydrogen-bond donors (Lipinski definition) is 0. The molecular weight excluding hydrogens is 392 g/mol. The minimum absolute atomic E-state index is 0.0162. The highest BCUT2D eigenvalue weighted by Crippen LogP contribution is 2.64. The topological polar surface area (TPSA) is 84.0 Å². The van der Waals surface area contributed by atoms with Crippen molar-refractivity contribution in [3.63, 3.8) is 0 Å². The van der Waals surface area contributed by atoms with Crippen LogP contribution in [0.4, 0.5) is 4.79 Å². The lowest BCUT2D eigenvalue weighted by Crippen LogP contribution is -2.61. The molecule has 1 amide bonds. The normalized spacial score (nSPS) is 29.4. The minimum atomic E-state index is -3.75. The zero-order valence-corrected chi connectivity index (χ0v) is 18.0. The van der Waals surface area contributed by atoms with Gasteiger partial charge in [-0.25, -0.2) is 13.2 Å². The summed E-state index contributed by atoms with van der Waals surface area (Å²) < 4.78 is 33.2. The van der Waals surface area contributed by atoms with Gasteiger partial charge in [0, 0.05) is 30.6 Å². The SMILES string of the molecule is CC(C)=C(N1CCOC1=O)C12CN(S(=O)(=O)c3ccc(C)cc3)CC1(C)CC2=O. The van der Waals surface area contributed by atoms with E-state index < -0.39 is 26.9 Å². The molecule has 2 heterocycles. The Bertz CT molecular complexity index is 1030. The van der Waals surface area contributed by atoms with Crippen molar-refractivity contribution in [2.45, 2.75) is 39.0 Å². The number of carbonyl (C=O) groups excluding carboxylic acids is 2. The Balaban J connectivity index is 1.78. The summed E-state index contributed by atoms with van der Waals surface area (Å²) in [6, 6.07) is 6.73. The second-order valence-electron chi connectivity index (χ2n) is 8.77. The van der Waals surface area contributed by atoms with Crippen molar-refractivity contribution in [2.24, 2.45) is 10.8 Å². The van der Waals surface area contributed by atoms with Crippen LogP contribution >= 0.6 is 0 Å². The summed E-state index contributed by atoms with van der Waals surface area (Å²) in [5.74, 6) is -0.0162. The highest BCUT2D eigenvalue weighted by molar-refractivity contribution is 7.89. The maximum atomic E-state index is 13.3. The molecule has 1 saturated carbocycles. The molecule has 0 radical (unpaired) electrons. The third-order valence-electron chi connectivity index (χ3n) is 6.56. The Morgan fingerprint density at radius 2 is 1.76 bits per heavy atom. The van der Waals surface area contributed by atoms with Gasteiger partial charge < -0.3 is 4.74 Å². The molecule has 2 unspecified atom stereocenters. The largest absolute Gasteiger partial charge is 0.447 e. The predicted molar refractivity (Wildman–Crippen MR) is 107 cm³/mol. The van der Waals surface area contributed by atoms with E-state index in [1.54, 1.807) is 24.3 Å². The number of rotatable bonds is 4. The Hall–Kier alpha value is -2.19. The van der Waals surface area contributed by atoms with E-state index in [-0.39, 0.29) is 30.4 Å². The summed E-state index contributed by atoms with van der Waals surface area (Å²) in [5, 5.41) is 0. The Morgan fingerprint density at radius 1 is 1.10 bits per heavy atom. The van der Waals surface area contributed by atoms with Crippen molar-refractivity contribution >= 4 is 21.9 Å². The molecule has 8 heteroatoms. The maximum absolute atomic E-state index is 13.3. The van der Waals surface area contributed by atoms with Gasteiger partial charge in [-0.1, -0.05) is 30.2 Å². The van der Waals surface area contributed by atoms with Crippen LogP contribution in [0.25, 0.3) is 0 Å². The standard InChI is InChI=1S/C21H26N2O5S/c1-14(2)18(23-9-10-28-19(23)25)21-13-22(12-20(21,4)11-17(21)24)29(26,27)16-7-5-15(3)6-8-16/h5-8H,9-13H2,1-4H3. The van der Waals surface area contributed by atoms with Crippen LogP contribution in [0.15, 0.2) is 40.4 Å². The number of ketones is 1. The molecule has 0 bridgehead atoms. The number of nitrogens with zero attached hydrogens (tertiary/aromatic N) is 2. The molecule has 156 valence electrons. The van der Waals surface area contributed by atoms with E-state index in [1.165, 1.54) is 9.21 Å². The van der Waals surface area contributed by atoms with Crippen molar-refractivity contribution in [2.75, 3.05) is 26.2 Å². The van der Waals surface area contributed by atoms with E-state index in [4.69, 9.17) is 4.74 Å². The molecule has 0 spiro atoms. The van der Waals surface area contributed by atoms with E-state index >= 15 is 0 Å². The average molecular weight is 419 g/mol. The predicted octanol–water partition coefficient (Wildman–Crippen LogP) is 2.71. The van der Waals surface area contributed by atoms with Crippen molar-refractivity contribution in [1.82, 2.24) is 9.21 Å². The van der Waals surface area contributed by atoms with Crippen molar-refractivity contribution in [3.8, 4) is 0 Å². The monoisotopic (exact) mass is 418 g/mol. The molecular formula is C21H26N2O5S. The van der Waals surface area contributed by atoms with E-state index in [0.29, 0.717) is 18.7 Å². The third-order valence-corrected chi connectivity index (χ3v) is 8.37. The molecule has 3 aliphatic rings.